The van der Waals surface area contributed by atoms with Gasteiger partial charge in [-0.3, -0.25) is 0 Å². The molecule has 0 unspecified atom stereocenters. The zero-order valence-corrected chi connectivity index (χ0v) is 32.0. The zero-order valence-electron chi connectivity index (χ0n) is 28.0. The summed E-state index contributed by atoms with van der Waals surface area (Å²) in [5.41, 5.74) is 2.97. The van der Waals surface area contributed by atoms with Gasteiger partial charge >= 0.3 is 0 Å². The van der Waals surface area contributed by atoms with Crippen molar-refractivity contribution in [2.75, 3.05) is 0 Å². The van der Waals surface area contributed by atoms with Crippen LogP contribution in [0.15, 0.2) is 35.0 Å². The maximum Gasteiger partial charge on any atom is 0.0685 e. The van der Waals surface area contributed by atoms with Crippen LogP contribution in [0.5, 0.6) is 0 Å². The molecule has 0 N–H and O–H groups in total. The summed E-state index contributed by atoms with van der Waals surface area (Å²) in [6.45, 7) is 4.59. The Balaban J connectivity index is 1.37. The molecule has 0 atom stereocenters. The predicted octanol–water partition coefficient (Wildman–Crippen LogP) is 16.6. The first-order chi connectivity index (χ1) is 22.2. The summed E-state index contributed by atoms with van der Waals surface area (Å²) >= 11 is 19.3. The number of rotatable bonds is 24. The summed E-state index contributed by atoms with van der Waals surface area (Å²) in [5, 5.41) is 8.32. The highest BCUT2D eigenvalue weighted by molar-refractivity contribution is 7.27. The third-order valence-corrected chi connectivity index (χ3v) is 13.5. The molecule has 248 valence electrons. The average molecular weight is 704 g/mol. The molecule has 0 aliphatic carbocycles. The molecule has 4 aromatic rings. The molecule has 0 spiro atoms. The fraction of sp³-hybridized carbons (Fsp3) is 0.600. The molecule has 0 amide bonds. The minimum Gasteiger partial charge on any atom is -0.143 e. The minimum atomic E-state index is 0.652. The van der Waals surface area contributed by atoms with Crippen molar-refractivity contribution in [2.24, 2.45) is 0 Å². The largest absolute Gasteiger partial charge is 0.143 e. The first-order valence-electron chi connectivity index (χ1n) is 18.2. The lowest BCUT2D eigenvalue weighted by Gasteiger charge is -2.06. The minimum absolute atomic E-state index is 0.652. The Kier molecular flexibility index (Phi) is 17.4. The second-order valence-electron chi connectivity index (χ2n) is 13.0. The van der Waals surface area contributed by atoms with Crippen LogP contribution < -0.4 is 0 Å². The average Bonchev–Trinajstić information content (AvgIpc) is 3.79. The number of hydrogen-bond donors (Lipinski definition) is 0. The lowest BCUT2D eigenvalue weighted by atomic mass is 10.0. The highest BCUT2D eigenvalue weighted by atomic mass is 35.5. The molecule has 45 heavy (non-hydrogen) atoms. The van der Waals surface area contributed by atoms with E-state index in [9.17, 15) is 0 Å². The van der Waals surface area contributed by atoms with E-state index in [1.807, 2.05) is 40.1 Å². The van der Waals surface area contributed by atoms with Gasteiger partial charge in [-0.1, -0.05) is 159 Å². The molecule has 0 saturated carbocycles. The van der Waals surface area contributed by atoms with E-state index >= 15 is 0 Å². The molecule has 4 rings (SSSR count). The van der Waals surface area contributed by atoms with Gasteiger partial charge in [-0.25, -0.2) is 0 Å². The van der Waals surface area contributed by atoms with Crippen molar-refractivity contribution < 1.29 is 0 Å². The molecular weight excluding hydrogens is 648 g/mol. The molecule has 0 saturated heterocycles. The topological polar surface area (TPSA) is 0 Å². The van der Waals surface area contributed by atoms with Crippen LogP contribution in [-0.2, 0) is 12.8 Å². The van der Waals surface area contributed by atoms with Crippen LogP contribution >= 0.6 is 57.2 Å². The standard InChI is InChI=1S/C40H56Cl2S3/c1-3-5-7-9-11-13-15-17-19-21-23-31-27-29-43-37(31)39-33-25-26-34(41)36(42)35(33)40(45-39)38-32(28-30-44-38)24-22-20-18-16-14-12-10-8-6-4-2/h25-30H,3-24H2,1-2H3. The smallest absolute Gasteiger partial charge is 0.0685 e. The maximum atomic E-state index is 6.99. The van der Waals surface area contributed by atoms with Gasteiger partial charge in [0.2, 0.25) is 0 Å². The number of benzene rings is 1. The number of thiophene rings is 3. The van der Waals surface area contributed by atoms with Crippen molar-refractivity contribution in [1.29, 1.82) is 0 Å². The Hall–Kier alpha value is -0.840. The van der Waals surface area contributed by atoms with Crippen LogP contribution in [0.2, 0.25) is 10.0 Å². The van der Waals surface area contributed by atoms with Crippen LogP contribution in [0, 0.1) is 0 Å². The number of halogens is 2. The highest BCUT2D eigenvalue weighted by Gasteiger charge is 2.22. The van der Waals surface area contributed by atoms with Crippen molar-refractivity contribution in [3.05, 3.63) is 56.2 Å². The summed E-state index contributed by atoms with van der Waals surface area (Å²) in [5.74, 6) is 0. The molecular formula is C40H56Cl2S3. The normalized spacial score (nSPS) is 11.7. The first kappa shape index (κ1) is 37.0. The van der Waals surface area contributed by atoms with Gasteiger partial charge in [0, 0.05) is 20.5 Å². The van der Waals surface area contributed by atoms with Gasteiger partial charge in [0.1, 0.15) is 0 Å². The van der Waals surface area contributed by atoms with Gasteiger partial charge in [0.15, 0.2) is 0 Å². The van der Waals surface area contributed by atoms with Gasteiger partial charge in [0.05, 0.1) is 19.8 Å². The summed E-state index contributed by atoms with van der Waals surface area (Å²) < 4.78 is 0. The fourth-order valence-electron chi connectivity index (χ4n) is 6.57. The van der Waals surface area contributed by atoms with E-state index in [-0.39, 0.29) is 0 Å². The van der Waals surface area contributed by atoms with Crippen LogP contribution in [0.1, 0.15) is 153 Å². The molecule has 3 heterocycles. The van der Waals surface area contributed by atoms with Crippen LogP contribution in [0.4, 0.5) is 0 Å². The van der Waals surface area contributed by atoms with E-state index < -0.39 is 0 Å². The molecule has 0 bridgehead atoms. The Morgan fingerprint density at radius 3 is 1.36 bits per heavy atom. The first-order valence-corrected chi connectivity index (χ1v) is 21.5. The lowest BCUT2D eigenvalue weighted by molar-refractivity contribution is 0.556. The monoisotopic (exact) mass is 702 g/mol. The molecule has 1 aromatic carbocycles. The molecule has 5 heteroatoms. The Morgan fingerprint density at radius 2 is 0.889 bits per heavy atom. The number of hydrogen-bond acceptors (Lipinski definition) is 3. The van der Waals surface area contributed by atoms with Crippen molar-refractivity contribution in [2.45, 2.75) is 155 Å². The predicted molar refractivity (Wildman–Crippen MR) is 210 cm³/mol. The van der Waals surface area contributed by atoms with Crippen molar-refractivity contribution in [1.82, 2.24) is 0 Å². The third kappa shape index (κ3) is 11.4. The second kappa shape index (κ2) is 21.2. The van der Waals surface area contributed by atoms with Gasteiger partial charge in [-0.2, -0.15) is 0 Å². The van der Waals surface area contributed by atoms with E-state index in [2.05, 4.69) is 42.8 Å². The Morgan fingerprint density at radius 1 is 0.467 bits per heavy atom. The highest BCUT2D eigenvalue weighted by Crippen LogP contribution is 2.52. The second-order valence-corrected chi connectivity index (χ2v) is 16.6. The van der Waals surface area contributed by atoms with Crippen molar-refractivity contribution >= 4 is 68.0 Å². The van der Waals surface area contributed by atoms with Gasteiger partial charge < -0.3 is 0 Å². The van der Waals surface area contributed by atoms with Crippen LogP contribution in [0.25, 0.3) is 30.3 Å². The quantitative estimate of drug-likeness (QED) is 0.0637. The summed E-state index contributed by atoms with van der Waals surface area (Å²) in [6.07, 6.45) is 29.8. The Labute approximate surface area is 297 Å². The van der Waals surface area contributed by atoms with Gasteiger partial charge in [0.25, 0.3) is 0 Å². The molecule has 0 aliphatic rings. The fourth-order valence-corrected chi connectivity index (χ4v) is 10.6. The van der Waals surface area contributed by atoms with E-state index in [1.54, 1.807) is 0 Å². The van der Waals surface area contributed by atoms with E-state index in [0.29, 0.717) is 10.0 Å². The Bertz CT molecular complexity index is 1380. The summed E-state index contributed by atoms with van der Waals surface area (Å²) in [6, 6.07) is 8.90. The summed E-state index contributed by atoms with van der Waals surface area (Å²) in [7, 11) is 0. The van der Waals surface area contributed by atoms with E-state index in [1.165, 1.54) is 164 Å². The molecule has 0 nitrogen and oxygen atoms in total. The van der Waals surface area contributed by atoms with E-state index in [0.717, 1.165) is 18.2 Å². The molecule has 0 fully saturated rings. The van der Waals surface area contributed by atoms with Crippen molar-refractivity contribution in [3.8, 4) is 19.5 Å². The van der Waals surface area contributed by atoms with Gasteiger partial charge in [-0.05, 0) is 65.8 Å². The van der Waals surface area contributed by atoms with Crippen molar-refractivity contribution in [3.63, 3.8) is 0 Å². The zero-order chi connectivity index (χ0) is 31.7. The van der Waals surface area contributed by atoms with Crippen LogP contribution in [0.3, 0.4) is 0 Å². The maximum absolute atomic E-state index is 6.99. The third-order valence-electron chi connectivity index (χ3n) is 9.28. The molecule has 3 aromatic heterocycles. The molecule has 0 aliphatic heterocycles. The van der Waals surface area contributed by atoms with Gasteiger partial charge in [-0.15, -0.1) is 34.0 Å². The molecule has 0 radical (unpaired) electrons. The number of fused-ring (bicyclic) bond motifs is 1. The SMILES string of the molecule is CCCCCCCCCCCCc1ccsc1-c1sc(-c2sccc2CCCCCCCCCCCC)c2c(Cl)c(Cl)ccc12. The van der Waals surface area contributed by atoms with Crippen LogP contribution in [-0.4, -0.2) is 0 Å². The number of unbranched alkanes of at least 4 members (excludes halogenated alkanes) is 18. The van der Waals surface area contributed by atoms with E-state index in [4.69, 9.17) is 23.2 Å². The number of aryl methyl sites for hydroxylation is 2. The summed E-state index contributed by atoms with van der Waals surface area (Å²) in [4.78, 5) is 5.50. The lowest BCUT2D eigenvalue weighted by Crippen LogP contribution is -1.87.